The highest BCUT2D eigenvalue weighted by molar-refractivity contribution is 5.93. The number of benzene rings is 1. The first-order valence-corrected chi connectivity index (χ1v) is 5.52. The van der Waals surface area contributed by atoms with Crippen LogP contribution in [0.4, 0.5) is 11.4 Å². The van der Waals surface area contributed by atoms with Crippen molar-refractivity contribution >= 4 is 22.3 Å². The molecule has 0 saturated carbocycles. The molecule has 0 fully saturated rings. The fourth-order valence-corrected chi connectivity index (χ4v) is 1.76. The molecule has 0 amide bonds. The molecule has 0 aliphatic heterocycles. The highest BCUT2D eigenvalue weighted by Gasteiger charge is 2.03. The molecule has 3 heteroatoms. The lowest BCUT2D eigenvalue weighted by Gasteiger charge is -2.14. The third-order valence-corrected chi connectivity index (χ3v) is 2.61. The molecule has 0 bridgehead atoms. The van der Waals surface area contributed by atoms with Gasteiger partial charge in [-0.05, 0) is 31.2 Å². The van der Waals surface area contributed by atoms with Gasteiger partial charge in [0.05, 0.1) is 5.52 Å². The van der Waals surface area contributed by atoms with Gasteiger partial charge in [0.1, 0.15) is 0 Å². The Kier molecular flexibility index (Phi) is 2.95. The zero-order valence-electron chi connectivity index (χ0n) is 9.99. The fraction of sp³-hybridized carbons (Fsp3) is 0.308. The van der Waals surface area contributed by atoms with Gasteiger partial charge in [0, 0.05) is 43.6 Å². The SMILES string of the molecule is CCNc1ccnc2ccc(N(C)C)cc12. The number of fused-ring (bicyclic) bond motifs is 1. The van der Waals surface area contributed by atoms with Crippen LogP contribution in [0.15, 0.2) is 30.5 Å². The van der Waals surface area contributed by atoms with Gasteiger partial charge in [-0.25, -0.2) is 0 Å². The summed E-state index contributed by atoms with van der Waals surface area (Å²) < 4.78 is 0. The Morgan fingerprint density at radius 3 is 2.75 bits per heavy atom. The molecular formula is C13H17N3. The minimum atomic E-state index is 0.922. The smallest absolute Gasteiger partial charge is 0.0724 e. The minimum Gasteiger partial charge on any atom is -0.385 e. The summed E-state index contributed by atoms with van der Waals surface area (Å²) in [6, 6.07) is 8.34. The first-order chi connectivity index (χ1) is 7.72. The van der Waals surface area contributed by atoms with Gasteiger partial charge in [-0.1, -0.05) is 0 Å². The van der Waals surface area contributed by atoms with Gasteiger partial charge < -0.3 is 10.2 Å². The van der Waals surface area contributed by atoms with Crippen LogP contribution in [0, 0.1) is 0 Å². The highest BCUT2D eigenvalue weighted by atomic mass is 15.1. The summed E-state index contributed by atoms with van der Waals surface area (Å²) in [6.45, 7) is 3.02. The van der Waals surface area contributed by atoms with Crippen LogP contribution in [0.2, 0.25) is 0 Å². The van der Waals surface area contributed by atoms with Crippen molar-refractivity contribution < 1.29 is 0 Å². The van der Waals surface area contributed by atoms with E-state index >= 15 is 0 Å². The summed E-state index contributed by atoms with van der Waals surface area (Å²) in [4.78, 5) is 6.47. The Hall–Kier alpha value is -1.77. The summed E-state index contributed by atoms with van der Waals surface area (Å²) in [6.07, 6.45) is 1.84. The van der Waals surface area contributed by atoms with E-state index in [1.807, 2.05) is 26.4 Å². The van der Waals surface area contributed by atoms with Crippen LogP contribution in [0.25, 0.3) is 10.9 Å². The van der Waals surface area contributed by atoms with Crippen molar-refractivity contribution in [2.24, 2.45) is 0 Å². The van der Waals surface area contributed by atoms with E-state index < -0.39 is 0 Å². The summed E-state index contributed by atoms with van der Waals surface area (Å²) >= 11 is 0. The van der Waals surface area contributed by atoms with Gasteiger partial charge in [-0.2, -0.15) is 0 Å². The average Bonchev–Trinajstić information content (AvgIpc) is 2.29. The van der Waals surface area contributed by atoms with Crippen molar-refractivity contribution in [1.82, 2.24) is 4.98 Å². The van der Waals surface area contributed by atoms with Crippen molar-refractivity contribution in [3.05, 3.63) is 30.5 Å². The van der Waals surface area contributed by atoms with Crippen LogP contribution in [0.5, 0.6) is 0 Å². The maximum absolute atomic E-state index is 4.37. The molecule has 16 heavy (non-hydrogen) atoms. The Bertz CT molecular complexity index is 492. The molecule has 1 heterocycles. The number of nitrogens with zero attached hydrogens (tertiary/aromatic N) is 2. The van der Waals surface area contributed by atoms with Crippen molar-refractivity contribution in [3.63, 3.8) is 0 Å². The molecule has 0 saturated heterocycles. The van der Waals surface area contributed by atoms with Gasteiger partial charge in [-0.15, -0.1) is 0 Å². The van der Waals surface area contributed by atoms with E-state index in [0.29, 0.717) is 0 Å². The Balaban J connectivity index is 2.59. The molecule has 1 aromatic carbocycles. The average molecular weight is 215 g/mol. The van der Waals surface area contributed by atoms with Crippen molar-refractivity contribution in [2.45, 2.75) is 6.92 Å². The Labute approximate surface area is 96.1 Å². The van der Waals surface area contributed by atoms with Crippen LogP contribution in [-0.2, 0) is 0 Å². The van der Waals surface area contributed by atoms with Crippen LogP contribution in [0.3, 0.4) is 0 Å². The number of rotatable bonds is 3. The second kappa shape index (κ2) is 4.39. The molecule has 0 atom stereocenters. The summed E-state index contributed by atoms with van der Waals surface area (Å²) in [5, 5.41) is 4.53. The predicted molar refractivity (Wildman–Crippen MR) is 70.2 cm³/mol. The number of anilines is 2. The molecule has 0 aliphatic rings. The zero-order valence-corrected chi connectivity index (χ0v) is 9.99. The van der Waals surface area contributed by atoms with E-state index in [1.54, 1.807) is 0 Å². The summed E-state index contributed by atoms with van der Waals surface area (Å²) in [5.41, 5.74) is 3.37. The lowest BCUT2D eigenvalue weighted by atomic mass is 10.1. The second-order valence-electron chi connectivity index (χ2n) is 3.98. The van der Waals surface area contributed by atoms with Crippen LogP contribution >= 0.6 is 0 Å². The van der Waals surface area contributed by atoms with Gasteiger partial charge in [0.25, 0.3) is 0 Å². The number of aromatic nitrogens is 1. The number of hydrogen-bond acceptors (Lipinski definition) is 3. The predicted octanol–water partition coefficient (Wildman–Crippen LogP) is 2.73. The van der Waals surface area contributed by atoms with Gasteiger partial charge >= 0.3 is 0 Å². The summed E-state index contributed by atoms with van der Waals surface area (Å²) in [7, 11) is 4.09. The molecule has 0 unspecified atom stereocenters. The third kappa shape index (κ3) is 1.94. The largest absolute Gasteiger partial charge is 0.385 e. The maximum Gasteiger partial charge on any atom is 0.0724 e. The molecular weight excluding hydrogens is 198 g/mol. The van der Waals surface area contributed by atoms with Crippen LogP contribution < -0.4 is 10.2 Å². The quantitative estimate of drug-likeness (QED) is 0.853. The van der Waals surface area contributed by atoms with E-state index in [4.69, 9.17) is 0 Å². The number of pyridine rings is 1. The standard InChI is InChI=1S/C13H17N3/c1-4-14-13-7-8-15-12-6-5-10(16(2)3)9-11(12)13/h5-9H,4H2,1-3H3,(H,14,15). The lowest BCUT2D eigenvalue weighted by molar-refractivity contribution is 1.13. The third-order valence-electron chi connectivity index (χ3n) is 2.61. The molecule has 2 rings (SSSR count). The van der Waals surface area contributed by atoms with Crippen LogP contribution in [0.1, 0.15) is 6.92 Å². The topological polar surface area (TPSA) is 28.2 Å². The lowest BCUT2D eigenvalue weighted by Crippen LogP contribution is -2.08. The van der Waals surface area contributed by atoms with E-state index in [0.717, 1.165) is 17.7 Å². The molecule has 0 aliphatic carbocycles. The van der Waals surface area contributed by atoms with E-state index in [2.05, 4.69) is 40.3 Å². The van der Waals surface area contributed by atoms with Gasteiger partial charge in [0.2, 0.25) is 0 Å². The second-order valence-corrected chi connectivity index (χ2v) is 3.98. The van der Waals surface area contributed by atoms with E-state index in [1.165, 1.54) is 11.1 Å². The fourth-order valence-electron chi connectivity index (χ4n) is 1.76. The maximum atomic E-state index is 4.37. The first-order valence-electron chi connectivity index (χ1n) is 5.52. The number of nitrogens with one attached hydrogen (secondary N) is 1. The first kappa shape index (κ1) is 10.7. The molecule has 84 valence electrons. The van der Waals surface area contributed by atoms with Gasteiger partial charge in [-0.3, -0.25) is 4.98 Å². The van der Waals surface area contributed by atoms with Crippen molar-refractivity contribution in [2.75, 3.05) is 30.9 Å². The Morgan fingerprint density at radius 1 is 1.25 bits per heavy atom. The molecule has 1 N–H and O–H groups in total. The van der Waals surface area contributed by atoms with Crippen molar-refractivity contribution in [1.29, 1.82) is 0 Å². The van der Waals surface area contributed by atoms with Crippen molar-refractivity contribution in [3.8, 4) is 0 Å². The highest BCUT2D eigenvalue weighted by Crippen LogP contribution is 2.25. The van der Waals surface area contributed by atoms with E-state index in [9.17, 15) is 0 Å². The monoisotopic (exact) mass is 215 g/mol. The molecule has 3 nitrogen and oxygen atoms in total. The zero-order chi connectivity index (χ0) is 11.5. The minimum absolute atomic E-state index is 0.922. The Morgan fingerprint density at radius 2 is 2.06 bits per heavy atom. The molecule has 0 radical (unpaired) electrons. The van der Waals surface area contributed by atoms with E-state index in [-0.39, 0.29) is 0 Å². The van der Waals surface area contributed by atoms with Crippen LogP contribution in [-0.4, -0.2) is 25.6 Å². The molecule has 0 spiro atoms. The van der Waals surface area contributed by atoms with Gasteiger partial charge in [0.15, 0.2) is 0 Å². The molecule has 2 aromatic rings. The molecule has 1 aromatic heterocycles. The summed E-state index contributed by atoms with van der Waals surface area (Å²) in [5.74, 6) is 0. The number of hydrogen-bond donors (Lipinski definition) is 1. The normalized spacial score (nSPS) is 10.4.